The molecule has 0 heterocycles. The lowest BCUT2D eigenvalue weighted by atomic mass is 10.1. The number of benzene rings is 2. The monoisotopic (exact) mass is 478 g/mol. The van der Waals surface area contributed by atoms with Gasteiger partial charge in [-0.3, -0.25) is 9.59 Å². The third-order valence-electron chi connectivity index (χ3n) is 4.99. The molecule has 0 saturated carbocycles. The van der Waals surface area contributed by atoms with E-state index in [0.29, 0.717) is 29.2 Å². The predicted octanol–water partition coefficient (Wildman–Crippen LogP) is 2.77. The second-order valence-corrected chi connectivity index (χ2v) is 9.73. The molecule has 9 nitrogen and oxygen atoms in total. The molecule has 2 aromatic carbocycles. The molecule has 0 aliphatic heterocycles. The topological polar surface area (TPSA) is 111 Å². The van der Waals surface area contributed by atoms with Crippen LogP contribution in [0.4, 0.5) is 5.69 Å². The fourth-order valence-electron chi connectivity index (χ4n) is 2.93. The molecule has 1 N–H and O–H groups in total. The summed E-state index contributed by atoms with van der Waals surface area (Å²) >= 11 is 0. The lowest BCUT2D eigenvalue weighted by molar-refractivity contribution is -0.153. The maximum atomic E-state index is 12.5. The SMILES string of the molecule is COc1ccc(CCC(=O)OC(C)C(=O)Nc2cc(S(=O)(=O)N(C)C)ccc2C)cc1OC. The van der Waals surface area contributed by atoms with Crippen molar-refractivity contribution >= 4 is 27.6 Å². The van der Waals surface area contributed by atoms with Crippen molar-refractivity contribution in [2.45, 2.75) is 37.7 Å². The Hall–Kier alpha value is -3.11. The van der Waals surface area contributed by atoms with Crippen molar-refractivity contribution in [2.24, 2.45) is 0 Å². The van der Waals surface area contributed by atoms with Gasteiger partial charge in [0, 0.05) is 26.2 Å². The van der Waals surface area contributed by atoms with Crippen molar-refractivity contribution in [3.8, 4) is 11.5 Å². The van der Waals surface area contributed by atoms with Crippen molar-refractivity contribution in [2.75, 3.05) is 33.6 Å². The molecule has 1 atom stereocenters. The van der Waals surface area contributed by atoms with Gasteiger partial charge in [-0.2, -0.15) is 0 Å². The number of carbonyl (C=O) groups is 2. The lowest BCUT2D eigenvalue weighted by Gasteiger charge is -2.17. The summed E-state index contributed by atoms with van der Waals surface area (Å²) in [7, 11) is 2.27. The smallest absolute Gasteiger partial charge is 0.306 e. The molecule has 2 aromatic rings. The zero-order valence-corrected chi connectivity index (χ0v) is 20.5. The predicted molar refractivity (Wildman–Crippen MR) is 124 cm³/mol. The molecule has 0 aliphatic rings. The van der Waals surface area contributed by atoms with Crippen LogP contribution >= 0.6 is 0 Å². The van der Waals surface area contributed by atoms with Gasteiger partial charge in [-0.15, -0.1) is 0 Å². The van der Waals surface area contributed by atoms with E-state index in [9.17, 15) is 18.0 Å². The van der Waals surface area contributed by atoms with Crippen LogP contribution in [0.5, 0.6) is 11.5 Å². The minimum atomic E-state index is -3.65. The summed E-state index contributed by atoms with van der Waals surface area (Å²) in [6, 6.07) is 9.81. The van der Waals surface area contributed by atoms with Crippen LogP contribution < -0.4 is 14.8 Å². The van der Waals surface area contributed by atoms with Gasteiger partial charge in [0.2, 0.25) is 10.0 Å². The maximum absolute atomic E-state index is 12.5. The third-order valence-corrected chi connectivity index (χ3v) is 6.80. The molecule has 0 aromatic heterocycles. The second-order valence-electron chi connectivity index (χ2n) is 7.57. The fraction of sp³-hybridized carbons (Fsp3) is 0.391. The van der Waals surface area contributed by atoms with Crippen LogP contribution in [0.3, 0.4) is 0 Å². The van der Waals surface area contributed by atoms with Gasteiger partial charge in [0.25, 0.3) is 5.91 Å². The minimum absolute atomic E-state index is 0.0490. The number of hydrogen-bond acceptors (Lipinski definition) is 7. The number of amides is 1. The van der Waals surface area contributed by atoms with E-state index in [0.717, 1.165) is 9.87 Å². The average molecular weight is 479 g/mol. The number of carbonyl (C=O) groups excluding carboxylic acids is 2. The van der Waals surface area contributed by atoms with Gasteiger partial charge in [0.15, 0.2) is 17.6 Å². The van der Waals surface area contributed by atoms with E-state index in [1.165, 1.54) is 40.3 Å². The van der Waals surface area contributed by atoms with Crippen molar-refractivity contribution in [1.82, 2.24) is 4.31 Å². The number of nitrogens with zero attached hydrogens (tertiary/aromatic N) is 1. The number of methoxy groups -OCH3 is 2. The van der Waals surface area contributed by atoms with E-state index in [4.69, 9.17) is 14.2 Å². The molecule has 0 bridgehead atoms. The van der Waals surface area contributed by atoms with Gasteiger partial charge in [-0.1, -0.05) is 12.1 Å². The largest absolute Gasteiger partial charge is 0.493 e. The molecule has 0 aliphatic carbocycles. The minimum Gasteiger partial charge on any atom is -0.493 e. The molecular formula is C23H30N2O7S. The molecular weight excluding hydrogens is 448 g/mol. The number of aryl methyl sites for hydroxylation is 2. The van der Waals surface area contributed by atoms with Crippen molar-refractivity contribution in [3.63, 3.8) is 0 Å². The van der Waals surface area contributed by atoms with Crippen LogP contribution in [0.2, 0.25) is 0 Å². The first-order chi connectivity index (χ1) is 15.5. The van der Waals surface area contributed by atoms with Crippen molar-refractivity contribution in [1.29, 1.82) is 0 Å². The Morgan fingerprint density at radius 2 is 1.70 bits per heavy atom. The Morgan fingerprint density at radius 1 is 1.03 bits per heavy atom. The van der Waals surface area contributed by atoms with Crippen LogP contribution in [0.15, 0.2) is 41.3 Å². The molecule has 180 valence electrons. The lowest BCUT2D eigenvalue weighted by Crippen LogP contribution is -2.30. The molecule has 2 rings (SSSR count). The molecule has 10 heteroatoms. The van der Waals surface area contributed by atoms with Gasteiger partial charge in [0.1, 0.15) is 0 Å². The summed E-state index contributed by atoms with van der Waals surface area (Å²) in [4.78, 5) is 24.8. The number of ether oxygens (including phenoxy) is 3. The number of rotatable bonds is 10. The standard InChI is InChI=1S/C23H30N2O7S/c1-15-7-10-18(33(28,29)25(3)4)14-19(15)24-23(27)16(2)32-22(26)12-9-17-8-11-20(30-5)21(13-17)31-6/h7-8,10-11,13-14,16H,9,12H2,1-6H3,(H,24,27). The highest BCUT2D eigenvalue weighted by molar-refractivity contribution is 7.89. The van der Waals surface area contributed by atoms with Crippen molar-refractivity contribution in [3.05, 3.63) is 47.5 Å². The quantitative estimate of drug-likeness (QED) is 0.523. The third kappa shape index (κ3) is 6.69. The molecule has 33 heavy (non-hydrogen) atoms. The number of nitrogens with one attached hydrogen (secondary N) is 1. The molecule has 1 unspecified atom stereocenters. The zero-order chi connectivity index (χ0) is 24.8. The molecule has 0 spiro atoms. The number of sulfonamides is 1. The normalized spacial score (nSPS) is 12.2. The Bertz CT molecular complexity index is 1110. The molecule has 1 amide bonds. The number of anilines is 1. The first-order valence-electron chi connectivity index (χ1n) is 10.2. The summed E-state index contributed by atoms with van der Waals surface area (Å²) in [5.74, 6) is 0.0573. The molecule has 0 saturated heterocycles. The van der Waals surface area contributed by atoms with Gasteiger partial charge < -0.3 is 19.5 Å². The Balaban J connectivity index is 1.99. The molecule has 0 fully saturated rings. The van der Waals surface area contributed by atoms with Crippen LogP contribution in [0.25, 0.3) is 0 Å². The van der Waals surface area contributed by atoms with Gasteiger partial charge in [0.05, 0.1) is 19.1 Å². The Labute approximate surface area is 194 Å². The van der Waals surface area contributed by atoms with Gasteiger partial charge >= 0.3 is 5.97 Å². The first kappa shape index (κ1) is 26.1. The van der Waals surface area contributed by atoms with Crippen LogP contribution in [0.1, 0.15) is 24.5 Å². The van der Waals surface area contributed by atoms with Gasteiger partial charge in [-0.25, -0.2) is 12.7 Å². The van der Waals surface area contributed by atoms with Crippen LogP contribution in [0, 0.1) is 6.92 Å². The van der Waals surface area contributed by atoms with Crippen LogP contribution in [-0.2, 0) is 30.8 Å². The summed E-state index contributed by atoms with van der Waals surface area (Å²) < 4.78 is 41.5. The van der Waals surface area contributed by atoms with Crippen molar-refractivity contribution < 1.29 is 32.2 Å². The van der Waals surface area contributed by atoms with E-state index in [1.54, 1.807) is 32.2 Å². The molecule has 0 radical (unpaired) electrons. The van der Waals surface area contributed by atoms with E-state index < -0.39 is 28.0 Å². The second kappa shape index (κ2) is 11.2. The zero-order valence-electron chi connectivity index (χ0n) is 19.7. The van der Waals surface area contributed by atoms with Crippen LogP contribution in [-0.4, -0.2) is 59.0 Å². The maximum Gasteiger partial charge on any atom is 0.306 e. The van der Waals surface area contributed by atoms with E-state index >= 15 is 0 Å². The van der Waals surface area contributed by atoms with E-state index in [1.807, 2.05) is 6.07 Å². The van der Waals surface area contributed by atoms with E-state index in [-0.39, 0.29) is 11.3 Å². The summed E-state index contributed by atoms with van der Waals surface area (Å²) in [5, 5.41) is 2.64. The number of hydrogen-bond donors (Lipinski definition) is 1. The van der Waals surface area contributed by atoms with E-state index in [2.05, 4.69) is 5.32 Å². The Kier molecular flexibility index (Phi) is 8.84. The highest BCUT2D eigenvalue weighted by Gasteiger charge is 2.21. The summed E-state index contributed by atoms with van der Waals surface area (Å²) in [5.41, 5.74) is 1.86. The number of esters is 1. The fourth-order valence-corrected chi connectivity index (χ4v) is 3.86. The summed E-state index contributed by atoms with van der Waals surface area (Å²) in [6.07, 6.45) is -0.587. The highest BCUT2D eigenvalue weighted by Crippen LogP contribution is 2.28. The highest BCUT2D eigenvalue weighted by atomic mass is 32.2. The van der Waals surface area contributed by atoms with Gasteiger partial charge in [-0.05, 0) is 55.7 Å². The average Bonchev–Trinajstić information content (AvgIpc) is 2.78. The Morgan fingerprint density at radius 3 is 2.30 bits per heavy atom. The first-order valence-corrected chi connectivity index (χ1v) is 11.7. The summed E-state index contributed by atoms with van der Waals surface area (Å²) in [6.45, 7) is 3.20.